The summed E-state index contributed by atoms with van der Waals surface area (Å²) < 4.78 is 17.2. The number of hydrogen-bond donors (Lipinski definition) is 0. The maximum atomic E-state index is 12.6. The number of esters is 1. The molecule has 3 aromatic carbocycles. The van der Waals surface area contributed by atoms with Gasteiger partial charge in [-0.25, -0.2) is 4.79 Å². The Labute approximate surface area is 216 Å². The molecule has 0 aliphatic rings. The molecule has 0 aliphatic heterocycles. The number of ether oxygens (including phenoxy) is 3. The normalized spacial score (nSPS) is 11.8. The van der Waals surface area contributed by atoms with Gasteiger partial charge in [0, 0.05) is 6.61 Å². The van der Waals surface area contributed by atoms with Crippen molar-refractivity contribution in [3.8, 4) is 22.6 Å². The second-order valence-electron chi connectivity index (χ2n) is 9.19. The maximum Gasteiger partial charge on any atom is 0.343 e. The van der Waals surface area contributed by atoms with Gasteiger partial charge >= 0.3 is 5.97 Å². The molecule has 0 fully saturated rings. The molecule has 3 aromatic rings. The predicted octanol–water partition coefficient (Wildman–Crippen LogP) is 8.80. The van der Waals surface area contributed by atoms with E-state index < -0.39 is 0 Å². The number of hydrogen-bond acceptors (Lipinski definition) is 4. The zero-order valence-electron chi connectivity index (χ0n) is 22.0. The summed E-state index contributed by atoms with van der Waals surface area (Å²) in [6.45, 7) is 7.87. The van der Waals surface area contributed by atoms with Crippen LogP contribution in [-0.4, -0.2) is 19.2 Å². The molecule has 3 rings (SSSR count). The Kier molecular flexibility index (Phi) is 11.5. The van der Waals surface area contributed by atoms with Crippen molar-refractivity contribution in [1.29, 1.82) is 0 Å². The van der Waals surface area contributed by atoms with Crippen LogP contribution < -0.4 is 9.47 Å². The minimum atomic E-state index is -0.370. The highest BCUT2D eigenvalue weighted by molar-refractivity contribution is 5.91. The summed E-state index contributed by atoms with van der Waals surface area (Å²) >= 11 is 0. The first-order valence-electron chi connectivity index (χ1n) is 13.4. The van der Waals surface area contributed by atoms with Crippen molar-refractivity contribution < 1.29 is 19.0 Å². The molecule has 0 spiro atoms. The minimum Gasteiger partial charge on any atom is -0.494 e. The molecule has 0 saturated heterocycles. The number of rotatable bonds is 15. The van der Waals surface area contributed by atoms with Crippen molar-refractivity contribution in [1.82, 2.24) is 0 Å². The van der Waals surface area contributed by atoms with Gasteiger partial charge in [0.25, 0.3) is 0 Å². The van der Waals surface area contributed by atoms with Crippen molar-refractivity contribution in [2.24, 2.45) is 0 Å². The molecule has 0 bridgehead atoms. The molecule has 36 heavy (non-hydrogen) atoms. The zero-order chi connectivity index (χ0) is 25.6. The second-order valence-corrected chi connectivity index (χ2v) is 9.19. The Hall–Kier alpha value is -3.11. The lowest BCUT2D eigenvalue weighted by atomic mass is 10.0. The molecule has 0 amide bonds. The Morgan fingerprint density at radius 2 is 1.25 bits per heavy atom. The van der Waals surface area contributed by atoms with Crippen LogP contribution in [0.25, 0.3) is 11.1 Å². The molecule has 0 N–H and O–H groups in total. The third kappa shape index (κ3) is 8.83. The molecule has 4 nitrogen and oxygen atoms in total. The van der Waals surface area contributed by atoms with E-state index in [1.54, 1.807) is 12.1 Å². The van der Waals surface area contributed by atoms with E-state index in [1.807, 2.05) is 60.7 Å². The molecule has 4 heteroatoms. The lowest BCUT2D eigenvalue weighted by Gasteiger charge is -2.14. The fraction of sp³-hybridized carbons (Fsp3) is 0.406. The Bertz CT molecular complexity index is 1020. The minimum absolute atomic E-state index is 0.0187. The van der Waals surface area contributed by atoms with Gasteiger partial charge < -0.3 is 14.2 Å². The van der Waals surface area contributed by atoms with Gasteiger partial charge in [0.05, 0.1) is 18.3 Å². The van der Waals surface area contributed by atoms with Gasteiger partial charge in [0.15, 0.2) is 0 Å². The van der Waals surface area contributed by atoms with Gasteiger partial charge in [0.2, 0.25) is 0 Å². The topological polar surface area (TPSA) is 44.8 Å². The predicted molar refractivity (Wildman–Crippen MR) is 147 cm³/mol. The van der Waals surface area contributed by atoms with Crippen molar-refractivity contribution in [3.05, 3.63) is 83.9 Å². The highest BCUT2D eigenvalue weighted by Crippen LogP contribution is 2.24. The number of unbranched alkanes of at least 4 members (excludes halogenated alkanes) is 5. The van der Waals surface area contributed by atoms with E-state index in [4.69, 9.17) is 14.2 Å². The van der Waals surface area contributed by atoms with Crippen LogP contribution in [0.3, 0.4) is 0 Å². The van der Waals surface area contributed by atoms with Crippen LogP contribution in [0.4, 0.5) is 0 Å². The van der Waals surface area contributed by atoms with Crippen LogP contribution in [-0.2, 0) is 4.74 Å². The van der Waals surface area contributed by atoms with E-state index in [0.29, 0.717) is 17.9 Å². The van der Waals surface area contributed by atoms with Gasteiger partial charge in [-0.1, -0.05) is 82.3 Å². The Balaban J connectivity index is 1.46. The smallest absolute Gasteiger partial charge is 0.343 e. The molecular weight excluding hydrogens is 448 g/mol. The monoisotopic (exact) mass is 488 g/mol. The zero-order valence-corrected chi connectivity index (χ0v) is 22.0. The first-order chi connectivity index (χ1) is 17.6. The fourth-order valence-corrected chi connectivity index (χ4v) is 3.97. The lowest BCUT2D eigenvalue weighted by molar-refractivity contribution is 0.0627. The average molecular weight is 489 g/mol. The molecule has 1 unspecified atom stereocenters. The first-order valence-corrected chi connectivity index (χ1v) is 13.4. The molecular formula is C32H40O4. The Morgan fingerprint density at radius 1 is 0.667 bits per heavy atom. The molecule has 1 atom stereocenters. The number of carbonyl (C=O) groups is 1. The summed E-state index contributed by atoms with van der Waals surface area (Å²) in [6, 6.07) is 23.0. The standard InChI is InChI=1S/C32H40O4/c1-4-6-7-8-9-10-24-34-25(3)26-15-21-31(22-16-26)36-32(33)29-13-11-27(12-14-29)28-17-19-30(20-18-28)35-23-5-2/h11-22,25H,4-10,23-24H2,1-3H3. The van der Waals surface area contributed by atoms with Crippen molar-refractivity contribution in [3.63, 3.8) is 0 Å². The summed E-state index contributed by atoms with van der Waals surface area (Å²) in [6.07, 6.45) is 8.53. The van der Waals surface area contributed by atoms with Crippen molar-refractivity contribution >= 4 is 5.97 Å². The van der Waals surface area contributed by atoms with Crippen LogP contribution in [0.5, 0.6) is 11.5 Å². The van der Waals surface area contributed by atoms with E-state index >= 15 is 0 Å². The van der Waals surface area contributed by atoms with Crippen LogP contribution in [0.15, 0.2) is 72.8 Å². The van der Waals surface area contributed by atoms with Crippen molar-refractivity contribution in [2.75, 3.05) is 13.2 Å². The molecule has 0 saturated carbocycles. The summed E-state index contributed by atoms with van der Waals surface area (Å²) in [5.41, 5.74) is 3.70. The highest BCUT2D eigenvalue weighted by Gasteiger charge is 2.11. The summed E-state index contributed by atoms with van der Waals surface area (Å²) in [5, 5.41) is 0. The highest BCUT2D eigenvalue weighted by atomic mass is 16.5. The van der Waals surface area contributed by atoms with Crippen LogP contribution in [0.1, 0.15) is 87.7 Å². The van der Waals surface area contributed by atoms with Crippen LogP contribution >= 0.6 is 0 Å². The second kappa shape index (κ2) is 15.1. The van der Waals surface area contributed by atoms with E-state index in [2.05, 4.69) is 20.8 Å². The average Bonchev–Trinajstić information content (AvgIpc) is 2.92. The maximum absolute atomic E-state index is 12.6. The third-order valence-corrected chi connectivity index (χ3v) is 6.21. The fourth-order valence-electron chi connectivity index (χ4n) is 3.97. The molecule has 0 radical (unpaired) electrons. The SMILES string of the molecule is CCCCCCCCOC(C)c1ccc(OC(=O)c2ccc(-c3ccc(OCCC)cc3)cc2)cc1. The van der Waals surface area contributed by atoms with Gasteiger partial charge in [-0.15, -0.1) is 0 Å². The molecule has 0 heterocycles. The third-order valence-electron chi connectivity index (χ3n) is 6.21. The number of benzene rings is 3. The summed E-state index contributed by atoms with van der Waals surface area (Å²) in [5.74, 6) is 1.02. The van der Waals surface area contributed by atoms with E-state index in [0.717, 1.165) is 41.9 Å². The van der Waals surface area contributed by atoms with Gasteiger partial charge in [-0.2, -0.15) is 0 Å². The van der Waals surface area contributed by atoms with Crippen LogP contribution in [0.2, 0.25) is 0 Å². The van der Waals surface area contributed by atoms with E-state index in [9.17, 15) is 4.79 Å². The van der Waals surface area contributed by atoms with Crippen molar-refractivity contribution in [2.45, 2.75) is 71.8 Å². The lowest BCUT2D eigenvalue weighted by Crippen LogP contribution is -2.08. The summed E-state index contributed by atoms with van der Waals surface area (Å²) in [7, 11) is 0. The van der Waals surface area contributed by atoms with Gasteiger partial charge in [-0.3, -0.25) is 0 Å². The van der Waals surface area contributed by atoms with E-state index in [-0.39, 0.29) is 12.1 Å². The molecule has 0 aliphatic carbocycles. The van der Waals surface area contributed by atoms with Gasteiger partial charge in [0.1, 0.15) is 11.5 Å². The first kappa shape index (κ1) is 27.5. The largest absolute Gasteiger partial charge is 0.494 e. The Morgan fingerprint density at radius 3 is 1.89 bits per heavy atom. The van der Waals surface area contributed by atoms with Gasteiger partial charge in [-0.05, 0) is 72.9 Å². The quantitative estimate of drug-likeness (QED) is 0.122. The molecule has 0 aromatic heterocycles. The summed E-state index contributed by atoms with van der Waals surface area (Å²) in [4.78, 5) is 12.6. The van der Waals surface area contributed by atoms with Crippen LogP contribution in [0, 0.1) is 0 Å². The molecule has 192 valence electrons. The number of carbonyl (C=O) groups excluding carboxylic acids is 1. The van der Waals surface area contributed by atoms with E-state index in [1.165, 1.54) is 32.1 Å².